The van der Waals surface area contributed by atoms with Gasteiger partial charge in [-0.15, -0.1) is 0 Å². The van der Waals surface area contributed by atoms with E-state index in [1.54, 1.807) is 12.2 Å². The maximum Gasteiger partial charge on any atom is 0.303 e. The molecule has 1 N–H and O–H groups in total. The number of rotatable bonds is 1. The molecular formula is C9H16O3. The average Bonchev–Trinajstić information content (AvgIpc) is 2.39. The third-order valence-electron chi connectivity index (χ3n) is 1.34. The van der Waals surface area contributed by atoms with Crippen molar-refractivity contribution < 1.29 is 14.6 Å². The van der Waals surface area contributed by atoms with E-state index in [-0.39, 0.29) is 12.1 Å². The predicted octanol–water partition coefficient (Wildman–Crippen LogP) is 1.27. The van der Waals surface area contributed by atoms with Crippen molar-refractivity contribution in [2.75, 3.05) is 0 Å². The zero-order valence-electron chi connectivity index (χ0n) is 7.78. The number of ether oxygens (including phenoxy) is 1. The highest BCUT2D eigenvalue weighted by atomic mass is 16.5. The minimum absolute atomic E-state index is 0.215. The highest BCUT2D eigenvalue weighted by molar-refractivity contribution is 5.66. The molecule has 0 aliphatic heterocycles. The molecule has 0 aromatic rings. The van der Waals surface area contributed by atoms with Crippen LogP contribution in [0.4, 0.5) is 0 Å². The van der Waals surface area contributed by atoms with Crippen molar-refractivity contribution >= 4 is 5.97 Å². The van der Waals surface area contributed by atoms with E-state index in [2.05, 4.69) is 0 Å². The van der Waals surface area contributed by atoms with Gasteiger partial charge in [0.25, 0.3) is 0 Å². The maximum atomic E-state index is 10.4. The first-order valence-corrected chi connectivity index (χ1v) is 4.22. The fraction of sp³-hybridized carbons (Fsp3) is 0.667. The fourth-order valence-electron chi connectivity index (χ4n) is 0.948. The van der Waals surface area contributed by atoms with Gasteiger partial charge in [0.2, 0.25) is 0 Å². The molecule has 1 aliphatic carbocycles. The summed E-state index contributed by atoms with van der Waals surface area (Å²) in [7, 11) is 0. The molecule has 0 aromatic carbocycles. The van der Waals surface area contributed by atoms with Gasteiger partial charge in [0.1, 0.15) is 6.10 Å². The Morgan fingerprint density at radius 1 is 1.50 bits per heavy atom. The van der Waals surface area contributed by atoms with Gasteiger partial charge in [-0.2, -0.15) is 0 Å². The Hall–Kier alpha value is -0.830. The molecule has 0 saturated carbocycles. The minimum Gasteiger partial charge on any atom is -0.458 e. The van der Waals surface area contributed by atoms with Crippen LogP contribution in [0.25, 0.3) is 0 Å². The summed E-state index contributed by atoms with van der Waals surface area (Å²) in [5, 5.41) is 8.93. The number of hydrogen-bond acceptors (Lipinski definition) is 3. The maximum absolute atomic E-state index is 10.4. The molecule has 70 valence electrons. The van der Waals surface area contributed by atoms with Crippen molar-refractivity contribution in [2.45, 2.75) is 39.4 Å². The summed E-state index contributed by atoms with van der Waals surface area (Å²) in [4.78, 5) is 10.4. The second-order valence-corrected chi connectivity index (χ2v) is 2.34. The lowest BCUT2D eigenvalue weighted by Crippen LogP contribution is -2.13. The normalized spacial score (nSPS) is 26.0. The van der Waals surface area contributed by atoms with Crippen molar-refractivity contribution in [3.8, 4) is 0 Å². The lowest BCUT2D eigenvalue weighted by molar-refractivity contribution is -0.144. The largest absolute Gasteiger partial charge is 0.458 e. The van der Waals surface area contributed by atoms with Crippen molar-refractivity contribution in [1.82, 2.24) is 0 Å². The van der Waals surface area contributed by atoms with Crippen LogP contribution < -0.4 is 0 Å². The third-order valence-corrected chi connectivity index (χ3v) is 1.34. The Morgan fingerprint density at radius 3 is 2.42 bits per heavy atom. The summed E-state index contributed by atoms with van der Waals surface area (Å²) in [6.45, 7) is 5.36. The summed E-state index contributed by atoms with van der Waals surface area (Å²) in [5.41, 5.74) is 0. The van der Waals surface area contributed by atoms with Gasteiger partial charge in [-0.1, -0.05) is 19.9 Å². The Morgan fingerprint density at radius 2 is 2.08 bits per heavy atom. The summed E-state index contributed by atoms with van der Waals surface area (Å²) < 4.78 is 4.80. The standard InChI is InChI=1S/C7H10O3.C2H6/c1-5(8)10-7-3-2-6(9)4-7;1-2/h2-3,6-7,9H,4H2,1H3;1-2H3. The average molecular weight is 172 g/mol. The predicted molar refractivity (Wildman–Crippen MR) is 46.7 cm³/mol. The SMILES string of the molecule is CC.CC(=O)OC1C=CC(O)C1. The van der Waals surface area contributed by atoms with Crippen molar-refractivity contribution in [3.05, 3.63) is 12.2 Å². The van der Waals surface area contributed by atoms with Crippen molar-refractivity contribution in [2.24, 2.45) is 0 Å². The third kappa shape index (κ3) is 4.13. The molecule has 0 spiro atoms. The highest BCUT2D eigenvalue weighted by Crippen LogP contribution is 2.13. The molecule has 1 aliphatic rings. The van der Waals surface area contributed by atoms with Crippen LogP contribution >= 0.6 is 0 Å². The van der Waals surface area contributed by atoms with Crippen LogP contribution in [0.1, 0.15) is 27.2 Å². The minimum atomic E-state index is -0.440. The second kappa shape index (κ2) is 5.77. The topological polar surface area (TPSA) is 46.5 Å². The van der Waals surface area contributed by atoms with Gasteiger partial charge < -0.3 is 9.84 Å². The first-order valence-electron chi connectivity index (χ1n) is 4.22. The second-order valence-electron chi connectivity index (χ2n) is 2.34. The van der Waals surface area contributed by atoms with E-state index in [1.165, 1.54) is 6.92 Å². The Bertz CT molecular complexity index is 163. The first-order chi connectivity index (χ1) is 5.68. The Kier molecular flexibility index (Phi) is 5.37. The smallest absolute Gasteiger partial charge is 0.303 e. The van der Waals surface area contributed by atoms with E-state index in [4.69, 9.17) is 9.84 Å². The van der Waals surface area contributed by atoms with E-state index in [0.29, 0.717) is 6.42 Å². The summed E-state index contributed by atoms with van der Waals surface area (Å²) in [5.74, 6) is -0.302. The lowest BCUT2D eigenvalue weighted by atomic mass is 10.3. The van der Waals surface area contributed by atoms with E-state index in [9.17, 15) is 4.79 Å². The van der Waals surface area contributed by atoms with Crippen LogP contribution in [0.3, 0.4) is 0 Å². The Labute approximate surface area is 73.0 Å². The molecule has 0 radical (unpaired) electrons. The van der Waals surface area contributed by atoms with Gasteiger partial charge in [0.05, 0.1) is 6.10 Å². The van der Waals surface area contributed by atoms with Crippen molar-refractivity contribution in [1.29, 1.82) is 0 Å². The van der Waals surface area contributed by atoms with Crippen LogP contribution in [0, 0.1) is 0 Å². The van der Waals surface area contributed by atoms with E-state index < -0.39 is 6.10 Å². The number of esters is 1. The summed E-state index contributed by atoms with van der Waals surface area (Å²) >= 11 is 0. The molecule has 0 fully saturated rings. The molecule has 2 atom stereocenters. The fourth-order valence-corrected chi connectivity index (χ4v) is 0.948. The molecule has 0 saturated heterocycles. The molecule has 2 unspecified atom stereocenters. The van der Waals surface area contributed by atoms with Gasteiger partial charge in [-0.05, 0) is 6.08 Å². The summed E-state index contributed by atoms with van der Waals surface area (Å²) in [6, 6.07) is 0. The van der Waals surface area contributed by atoms with Gasteiger partial charge in [0.15, 0.2) is 0 Å². The summed E-state index contributed by atoms with van der Waals surface area (Å²) in [6.07, 6.45) is 3.18. The molecule has 0 aromatic heterocycles. The molecule has 1 rings (SSSR count). The molecule has 3 heteroatoms. The molecule has 0 bridgehead atoms. The van der Waals surface area contributed by atoms with E-state index in [1.807, 2.05) is 13.8 Å². The first kappa shape index (κ1) is 11.2. The number of aliphatic hydroxyl groups excluding tert-OH is 1. The monoisotopic (exact) mass is 172 g/mol. The molecular weight excluding hydrogens is 156 g/mol. The van der Waals surface area contributed by atoms with Crippen LogP contribution in [0.2, 0.25) is 0 Å². The zero-order valence-corrected chi connectivity index (χ0v) is 7.78. The highest BCUT2D eigenvalue weighted by Gasteiger charge is 2.18. The number of aliphatic hydroxyl groups is 1. The zero-order chi connectivity index (χ0) is 9.56. The van der Waals surface area contributed by atoms with Gasteiger partial charge in [-0.3, -0.25) is 4.79 Å². The number of hydrogen-bond donors (Lipinski definition) is 1. The van der Waals surface area contributed by atoms with E-state index >= 15 is 0 Å². The molecule has 0 amide bonds. The lowest BCUT2D eigenvalue weighted by Gasteiger charge is -2.07. The van der Waals surface area contributed by atoms with Gasteiger partial charge in [0, 0.05) is 13.3 Å². The van der Waals surface area contributed by atoms with Crippen LogP contribution in [-0.2, 0) is 9.53 Å². The van der Waals surface area contributed by atoms with Gasteiger partial charge in [-0.25, -0.2) is 0 Å². The van der Waals surface area contributed by atoms with E-state index in [0.717, 1.165) is 0 Å². The van der Waals surface area contributed by atoms with Crippen LogP contribution in [0.15, 0.2) is 12.2 Å². The Balaban J connectivity index is 0.000000561. The van der Waals surface area contributed by atoms with Crippen LogP contribution in [0.5, 0.6) is 0 Å². The molecule has 0 heterocycles. The number of carbonyl (C=O) groups excluding carboxylic acids is 1. The quantitative estimate of drug-likeness (QED) is 0.478. The van der Waals surface area contributed by atoms with Crippen LogP contribution in [-0.4, -0.2) is 23.3 Å². The molecule has 12 heavy (non-hydrogen) atoms. The number of carbonyl (C=O) groups is 1. The van der Waals surface area contributed by atoms with Gasteiger partial charge >= 0.3 is 5.97 Å². The molecule has 3 nitrogen and oxygen atoms in total. The van der Waals surface area contributed by atoms with Crippen molar-refractivity contribution in [3.63, 3.8) is 0 Å².